The maximum absolute atomic E-state index is 13.5. The number of fused-ring (bicyclic) bond motifs is 1. The molecule has 0 saturated heterocycles. The van der Waals surface area contributed by atoms with Gasteiger partial charge >= 0.3 is 0 Å². The predicted octanol–water partition coefficient (Wildman–Crippen LogP) is 2.28. The molecule has 7 nitrogen and oxygen atoms in total. The third kappa shape index (κ3) is 6.59. The first kappa shape index (κ1) is 23.4. The van der Waals surface area contributed by atoms with E-state index in [-0.39, 0.29) is 36.7 Å². The number of aliphatic hydroxyl groups excluding tert-OH is 1. The number of carbonyl (C=O) groups excluding carboxylic acids is 1. The molecule has 0 aromatic heterocycles. The normalized spacial score (nSPS) is 25.6. The van der Waals surface area contributed by atoms with E-state index in [9.17, 15) is 9.90 Å². The van der Waals surface area contributed by atoms with E-state index in [4.69, 9.17) is 15.2 Å². The van der Waals surface area contributed by atoms with Gasteiger partial charge < -0.3 is 30.5 Å². The van der Waals surface area contributed by atoms with Gasteiger partial charge in [-0.15, -0.1) is 0 Å². The molecule has 7 heteroatoms. The van der Waals surface area contributed by atoms with Crippen molar-refractivity contribution in [3.8, 4) is 5.75 Å². The summed E-state index contributed by atoms with van der Waals surface area (Å²) in [7, 11) is 1.90. The molecular formula is C22H37N3O4. The summed E-state index contributed by atoms with van der Waals surface area (Å²) >= 11 is 0. The van der Waals surface area contributed by atoms with Gasteiger partial charge in [-0.1, -0.05) is 6.92 Å². The molecule has 1 aliphatic rings. The molecule has 0 saturated carbocycles. The van der Waals surface area contributed by atoms with Crippen LogP contribution in [0.2, 0.25) is 0 Å². The van der Waals surface area contributed by atoms with Crippen LogP contribution in [0.1, 0.15) is 50.4 Å². The topological polar surface area (TPSA) is 97.0 Å². The minimum Gasteiger partial charge on any atom is -0.490 e. The second-order valence-electron chi connectivity index (χ2n) is 8.11. The van der Waals surface area contributed by atoms with Crippen LogP contribution in [0.15, 0.2) is 18.2 Å². The zero-order chi connectivity index (χ0) is 21.4. The minimum absolute atomic E-state index is 0.0156. The van der Waals surface area contributed by atoms with Crippen molar-refractivity contribution in [2.24, 2.45) is 5.92 Å². The van der Waals surface area contributed by atoms with Crippen molar-refractivity contribution in [2.45, 2.75) is 58.3 Å². The van der Waals surface area contributed by atoms with Gasteiger partial charge in [0.1, 0.15) is 5.75 Å². The van der Waals surface area contributed by atoms with Crippen LogP contribution in [0.3, 0.4) is 0 Å². The van der Waals surface area contributed by atoms with E-state index in [0.717, 1.165) is 19.3 Å². The molecule has 0 fully saturated rings. The van der Waals surface area contributed by atoms with Crippen LogP contribution >= 0.6 is 0 Å². The number of rotatable bonds is 4. The van der Waals surface area contributed by atoms with Crippen LogP contribution in [-0.4, -0.2) is 67.5 Å². The van der Waals surface area contributed by atoms with Crippen LogP contribution in [0.5, 0.6) is 5.75 Å². The standard InChI is InChI=1S/C22H37N3O4/c1-15-13-25(16(2)14-26)22(27)19-11-18(23)8-9-20(19)29-17(3)7-5-6-10-28-21(15)12-24-4/h8-9,11,15-17,21,24,26H,5-7,10,12-14,23H2,1-4H3/t15-,16+,17-,21-/m1/s1. The van der Waals surface area contributed by atoms with Crippen LogP contribution in [0.4, 0.5) is 5.69 Å². The quantitative estimate of drug-likeness (QED) is 0.663. The van der Waals surface area contributed by atoms with Gasteiger partial charge in [-0.3, -0.25) is 4.79 Å². The van der Waals surface area contributed by atoms with Gasteiger partial charge in [0.2, 0.25) is 0 Å². The number of anilines is 1. The number of likely N-dealkylation sites (N-methyl/N-ethyl adjacent to an activating group) is 1. The Morgan fingerprint density at radius 2 is 2.10 bits per heavy atom. The number of nitrogens with zero attached hydrogens (tertiary/aromatic N) is 1. The third-order valence-corrected chi connectivity index (χ3v) is 5.48. The largest absolute Gasteiger partial charge is 0.490 e. The second kappa shape index (κ2) is 11.4. The molecule has 1 heterocycles. The molecule has 0 aliphatic carbocycles. The summed E-state index contributed by atoms with van der Waals surface area (Å²) in [6.45, 7) is 7.67. The molecule has 1 aliphatic heterocycles. The smallest absolute Gasteiger partial charge is 0.258 e. The van der Waals surface area contributed by atoms with E-state index in [2.05, 4.69) is 12.2 Å². The summed E-state index contributed by atoms with van der Waals surface area (Å²) in [6.07, 6.45) is 2.80. The molecule has 2 rings (SSSR count). The summed E-state index contributed by atoms with van der Waals surface area (Å²) in [5, 5.41) is 13.0. The fourth-order valence-electron chi connectivity index (χ4n) is 3.63. The second-order valence-corrected chi connectivity index (χ2v) is 8.11. The van der Waals surface area contributed by atoms with Gasteiger partial charge in [0.15, 0.2) is 0 Å². The van der Waals surface area contributed by atoms with E-state index in [0.29, 0.717) is 36.7 Å². The molecule has 29 heavy (non-hydrogen) atoms. The van der Waals surface area contributed by atoms with Crippen molar-refractivity contribution < 1.29 is 19.4 Å². The van der Waals surface area contributed by atoms with Crippen molar-refractivity contribution in [3.05, 3.63) is 23.8 Å². The Kier molecular flexibility index (Phi) is 9.20. The Bertz CT molecular complexity index is 655. The number of nitrogen functional groups attached to an aromatic ring is 1. The predicted molar refractivity (Wildman–Crippen MR) is 115 cm³/mol. The summed E-state index contributed by atoms with van der Waals surface area (Å²) in [5.74, 6) is 0.445. The summed E-state index contributed by atoms with van der Waals surface area (Å²) in [6, 6.07) is 4.85. The monoisotopic (exact) mass is 407 g/mol. The molecular weight excluding hydrogens is 370 g/mol. The number of aliphatic hydroxyl groups is 1. The average Bonchev–Trinajstić information content (AvgIpc) is 2.70. The van der Waals surface area contributed by atoms with Crippen molar-refractivity contribution in [2.75, 3.05) is 39.1 Å². The zero-order valence-corrected chi connectivity index (χ0v) is 18.2. The number of amides is 1. The lowest BCUT2D eigenvalue weighted by Crippen LogP contribution is -2.47. The number of nitrogens with two attached hydrogens (primary N) is 1. The zero-order valence-electron chi connectivity index (χ0n) is 18.2. The van der Waals surface area contributed by atoms with Crippen molar-refractivity contribution in [1.82, 2.24) is 10.2 Å². The van der Waals surface area contributed by atoms with Crippen molar-refractivity contribution in [1.29, 1.82) is 0 Å². The number of benzene rings is 1. The average molecular weight is 408 g/mol. The lowest BCUT2D eigenvalue weighted by molar-refractivity contribution is -0.000449. The van der Waals surface area contributed by atoms with E-state index in [1.807, 2.05) is 20.9 Å². The number of hydrogen-bond donors (Lipinski definition) is 3. The number of ether oxygens (including phenoxy) is 2. The van der Waals surface area contributed by atoms with Crippen LogP contribution in [0.25, 0.3) is 0 Å². The highest BCUT2D eigenvalue weighted by Crippen LogP contribution is 2.27. The highest BCUT2D eigenvalue weighted by molar-refractivity contribution is 5.98. The van der Waals surface area contributed by atoms with E-state index >= 15 is 0 Å². The molecule has 0 radical (unpaired) electrons. The Balaban J connectivity index is 2.41. The van der Waals surface area contributed by atoms with Gasteiger partial charge in [0, 0.05) is 31.3 Å². The summed E-state index contributed by atoms with van der Waals surface area (Å²) in [4.78, 5) is 15.2. The molecule has 0 spiro atoms. The maximum Gasteiger partial charge on any atom is 0.258 e. The molecule has 0 bridgehead atoms. The Morgan fingerprint density at radius 3 is 2.79 bits per heavy atom. The van der Waals surface area contributed by atoms with Crippen molar-refractivity contribution >= 4 is 11.6 Å². The van der Waals surface area contributed by atoms with Gasteiger partial charge in [0.25, 0.3) is 5.91 Å². The molecule has 4 N–H and O–H groups in total. The fourth-order valence-corrected chi connectivity index (χ4v) is 3.63. The first-order chi connectivity index (χ1) is 13.9. The third-order valence-electron chi connectivity index (χ3n) is 5.48. The number of carbonyl (C=O) groups is 1. The van der Waals surface area contributed by atoms with E-state index < -0.39 is 0 Å². The lowest BCUT2D eigenvalue weighted by atomic mass is 10.0. The SMILES string of the molecule is CNC[C@H]1OCCCC[C@@H](C)Oc2ccc(N)cc2C(=O)N([C@@H](C)CO)C[C@H]1C. The molecule has 1 amide bonds. The van der Waals surface area contributed by atoms with Crippen LogP contribution in [-0.2, 0) is 4.74 Å². The number of hydrogen-bond acceptors (Lipinski definition) is 6. The first-order valence-electron chi connectivity index (χ1n) is 10.6. The van der Waals surface area contributed by atoms with Crippen LogP contribution < -0.4 is 15.8 Å². The highest BCUT2D eigenvalue weighted by atomic mass is 16.5. The minimum atomic E-state index is -0.334. The van der Waals surface area contributed by atoms with Gasteiger partial charge in [-0.2, -0.15) is 0 Å². The Hall–Kier alpha value is -1.83. The lowest BCUT2D eigenvalue weighted by Gasteiger charge is -2.34. The van der Waals surface area contributed by atoms with Crippen molar-refractivity contribution in [3.63, 3.8) is 0 Å². The van der Waals surface area contributed by atoms with Crippen LogP contribution in [0, 0.1) is 5.92 Å². The summed E-state index contributed by atoms with van der Waals surface area (Å²) in [5.41, 5.74) is 6.93. The van der Waals surface area contributed by atoms with Gasteiger partial charge in [0.05, 0.1) is 30.4 Å². The van der Waals surface area contributed by atoms with Gasteiger partial charge in [-0.05, 0) is 58.4 Å². The Labute approximate surface area is 174 Å². The Morgan fingerprint density at radius 1 is 1.34 bits per heavy atom. The first-order valence-corrected chi connectivity index (χ1v) is 10.6. The summed E-state index contributed by atoms with van der Waals surface area (Å²) < 4.78 is 12.2. The highest BCUT2D eigenvalue weighted by Gasteiger charge is 2.29. The van der Waals surface area contributed by atoms with E-state index in [1.54, 1.807) is 23.1 Å². The number of nitrogens with one attached hydrogen (secondary N) is 1. The van der Waals surface area contributed by atoms with Gasteiger partial charge in [-0.25, -0.2) is 0 Å². The molecule has 164 valence electrons. The molecule has 1 aromatic carbocycles. The maximum atomic E-state index is 13.5. The fraction of sp³-hybridized carbons (Fsp3) is 0.682. The molecule has 4 atom stereocenters. The molecule has 0 unspecified atom stereocenters. The molecule has 1 aromatic rings. The van der Waals surface area contributed by atoms with E-state index in [1.165, 1.54) is 0 Å².